The molecule has 3 aliphatic rings. The smallest absolute Gasteiger partial charge is 0.160 e. The second kappa shape index (κ2) is 20.3. The molecule has 0 amide bonds. The molecular formula is C77H55N3O. The Morgan fingerprint density at radius 1 is 0.457 bits per heavy atom. The largest absolute Gasteiger partial charge is 0.497 e. The van der Waals surface area contributed by atoms with E-state index in [0.29, 0.717) is 18.9 Å². The molecule has 1 aliphatic carbocycles. The number of ether oxygens (including phenoxy) is 1. The maximum Gasteiger partial charge on any atom is 0.160 e. The zero-order chi connectivity index (χ0) is 53.8. The van der Waals surface area contributed by atoms with Gasteiger partial charge >= 0.3 is 0 Å². The van der Waals surface area contributed by atoms with Gasteiger partial charge in [0.25, 0.3) is 0 Å². The number of aromatic nitrogens is 1. The van der Waals surface area contributed by atoms with Gasteiger partial charge in [0.2, 0.25) is 0 Å². The molecule has 0 bridgehead atoms. The summed E-state index contributed by atoms with van der Waals surface area (Å²) in [7, 11) is 0. The molecule has 0 saturated carbocycles. The quantitative estimate of drug-likeness (QED) is 0.110. The molecule has 1 atom stereocenters. The van der Waals surface area contributed by atoms with Crippen LogP contribution in [0.5, 0.6) is 0 Å². The van der Waals surface area contributed by atoms with Gasteiger partial charge < -0.3 is 9.30 Å². The van der Waals surface area contributed by atoms with E-state index >= 15 is 0 Å². The number of nitrogens with zero attached hydrogens (tertiary/aromatic N) is 3. The highest BCUT2D eigenvalue weighted by molar-refractivity contribution is 6.16. The number of fused-ring (bicyclic) bond motifs is 8. The Hall–Kier alpha value is -10.1. The van der Waals surface area contributed by atoms with Gasteiger partial charge in [-0.3, -0.25) is 0 Å². The first-order valence-electron chi connectivity index (χ1n) is 28.3. The van der Waals surface area contributed by atoms with E-state index in [0.717, 1.165) is 69.0 Å². The lowest BCUT2D eigenvalue weighted by atomic mass is 9.82. The number of para-hydroxylation sites is 2. The number of allylic oxidation sites excluding steroid dienone is 5. The van der Waals surface area contributed by atoms with Gasteiger partial charge in [-0.15, -0.1) is 0 Å². The minimum Gasteiger partial charge on any atom is -0.497 e. The van der Waals surface area contributed by atoms with Crippen LogP contribution in [0.2, 0.25) is 0 Å². The van der Waals surface area contributed by atoms with Crippen LogP contribution in [0.15, 0.2) is 282 Å². The zero-order valence-electron chi connectivity index (χ0n) is 45.0. The van der Waals surface area contributed by atoms with Gasteiger partial charge in [0.1, 0.15) is 11.5 Å². The number of amidine groups is 1. The molecule has 384 valence electrons. The van der Waals surface area contributed by atoms with E-state index in [2.05, 4.69) is 272 Å². The van der Waals surface area contributed by atoms with Crippen molar-refractivity contribution in [3.05, 3.63) is 306 Å². The number of hydrogen-bond donors (Lipinski definition) is 0. The van der Waals surface area contributed by atoms with E-state index in [1.165, 1.54) is 88.0 Å². The molecule has 15 rings (SSSR count). The lowest BCUT2D eigenvalue weighted by Gasteiger charge is -2.27. The summed E-state index contributed by atoms with van der Waals surface area (Å²) in [6.45, 7) is 3.00. The molecule has 0 radical (unpaired) electrons. The molecule has 81 heavy (non-hydrogen) atoms. The second-order valence-corrected chi connectivity index (χ2v) is 21.6. The van der Waals surface area contributed by atoms with Gasteiger partial charge in [-0.25, -0.2) is 9.98 Å². The van der Waals surface area contributed by atoms with Gasteiger partial charge in [-0.05, 0) is 126 Å². The fraction of sp³-hybridized carbons (Fsp3) is 0.0779. The summed E-state index contributed by atoms with van der Waals surface area (Å²) < 4.78 is 9.03. The predicted octanol–water partition coefficient (Wildman–Crippen LogP) is 19.3. The third-order valence-corrected chi connectivity index (χ3v) is 16.7. The van der Waals surface area contributed by atoms with Crippen molar-refractivity contribution < 1.29 is 4.74 Å². The minimum absolute atomic E-state index is 0.203. The fourth-order valence-corrected chi connectivity index (χ4v) is 12.8. The monoisotopic (exact) mass is 1040 g/mol. The summed E-state index contributed by atoms with van der Waals surface area (Å²) in [5.74, 6) is 1.94. The van der Waals surface area contributed by atoms with E-state index < -0.39 is 0 Å². The average Bonchev–Trinajstić information content (AvgIpc) is 4.03. The molecule has 0 saturated heterocycles. The normalized spacial score (nSPS) is 16.5. The third-order valence-electron chi connectivity index (χ3n) is 16.7. The lowest BCUT2D eigenvalue weighted by Crippen LogP contribution is -2.12. The second-order valence-electron chi connectivity index (χ2n) is 21.6. The Labute approximate surface area is 472 Å². The van der Waals surface area contributed by atoms with Crippen molar-refractivity contribution in [3.8, 4) is 39.1 Å². The van der Waals surface area contributed by atoms with Crippen LogP contribution in [0.3, 0.4) is 0 Å². The van der Waals surface area contributed by atoms with E-state index in [1.54, 1.807) is 0 Å². The van der Waals surface area contributed by atoms with Crippen molar-refractivity contribution in [1.82, 2.24) is 4.57 Å². The van der Waals surface area contributed by atoms with Crippen LogP contribution in [0, 0.1) is 5.92 Å². The highest BCUT2D eigenvalue weighted by atomic mass is 16.5. The van der Waals surface area contributed by atoms with Gasteiger partial charge in [0, 0.05) is 51.8 Å². The van der Waals surface area contributed by atoms with Gasteiger partial charge in [-0.2, -0.15) is 0 Å². The molecule has 3 heterocycles. The van der Waals surface area contributed by atoms with Crippen molar-refractivity contribution in [2.75, 3.05) is 6.61 Å². The number of hydrogen-bond acceptors (Lipinski definition) is 3. The SMILES string of the molecule is CC1CC(c2ccc(C3=C=CC/C(c4ccc(-c5cc(-c6ccccc6)ccc5-c5cc6ccccc6c6ccccc56)cc4)=N\C(c4ccccc4)=N/3)cc2-n2c3ccccc3c3ccccc32)=CC2=C1OCCc1ccccc12. The first kappa shape index (κ1) is 48.0. The summed E-state index contributed by atoms with van der Waals surface area (Å²) in [4.78, 5) is 11.0. The van der Waals surface area contributed by atoms with Crippen LogP contribution in [0.1, 0.15) is 53.1 Å². The molecule has 1 aromatic heterocycles. The predicted molar refractivity (Wildman–Crippen MR) is 339 cm³/mol. The van der Waals surface area contributed by atoms with Crippen LogP contribution in [-0.2, 0) is 11.2 Å². The van der Waals surface area contributed by atoms with Crippen LogP contribution in [-0.4, -0.2) is 22.7 Å². The van der Waals surface area contributed by atoms with Gasteiger partial charge in [0.15, 0.2) is 5.84 Å². The van der Waals surface area contributed by atoms with E-state index in [9.17, 15) is 0 Å². The number of benzene rings is 11. The fourth-order valence-electron chi connectivity index (χ4n) is 12.8. The molecule has 12 aromatic rings. The Morgan fingerprint density at radius 3 is 1.85 bits per heavy atom. The molecule has 0 fully saturated rings. The summed E-state index contributed by atoms with van der Waals surface area (Å²) >= 11 is 0. The Bertz CT molecular complexity index is 4640. The molecule has 2 aliphatic heterocycles. The topological polar surface area (TPSA) is 38.9 Å². The van der Waals surface area contributed by atoms with E-state index in [4.69, 9.17) is 14.7 Å². The maximum absolute atomic E-state index is 6.58. The molecule has 1 unspecified atom stereocenters. The number of rotatable bonds is 8. The molecule has 0 N–H and O–H groups in total. The lowest BCUT2D eigenvalue weighted by molar-refractivity contribution is 0.188. The van der Waals surface area contributed by atoms with Gasteiger partial charge in [-0.1, -0.05) is 231 Å². The average molecular weight is 1040 g/mol. The zero-order valence-corrected chi connectivity index (χ0v) is 45.0. The molecule has 0 spiro atoms. The van der Waals surface area contributed by atoms with Crippen LogP contribution < -0.4 is 0 Å². The minimum atomic E-state index is 0.203. The molecule has 4 heteroatoms. The van der Waals surface area contributed by atoms with Crippen LogP contribution in [0.4, 0.5) is 0 Å². The Kier molecular flexibility index (Phi) is 12.0. The summed E-state index contributed by atoms with van der Waals surface area (Å²) in [5.41, 5.74) is 25.1. The number of aliphatic imine (C=N–C) groups is 2. The highest BCUT2D eigenvalue weighted by Crippen LogP contribution is 2.46. The van der Waals surface area contributed by atoms with Crippen molar-refractivity contribution in [3.63, 3.8) is 0 Å². The summed E-state index contributed by atoms with van der Waals surface area (Å²) in [6, 6.07) is 90.1. The van der Waals surface area contributed by atoms with Crippen molar-refractivity contribution in [2.45, 2.75) is 26.2 Å². The molecular weight excluding hydrogens is 983 g/mol. The first-order chi connectivity index (χ1) is 40.1. The molecule has 11 aromatic carbocycles. The van der Waals surface area contributed by atoms with Crippen molar-refractivity contribution in [1.29, 1.82) is 0 Å². The highest BCUT2D eigenvalue weighted by Gasteiger charge is 2.29. The van der Waals surface area contributed by atoms with Crippen LogP contribution in [0.25, 0.3) is 99.3 Å². The third kappa shape index (κ3) is 8.65. The maximum atomic E-state index is 6.58. The Balaban J connectivity index is 0.850. The van der Waals surface area contributed by atoms with Crippen LogP contribution >= 0.6 is 0 Å². The Morgan fingerprint density at radius 2 is 1.07 bits per heavy atom. The summed E-state index contributed by atoms with van der Waals surface area (Å²) in [5, 5.41) is 7.41. The standard InChI is InChI=1S/C77H55N3O/c1-50-45-59(48-70-60-25-10-8-21-52(60)43-44-81-76(50)70)62-41-40-58(49-75(62)80-73-33-16-14-29-66(73)67-30-15-17-34-74(67)80)72-32-18-31-71(78-77(79-72)55-22-6-3-7-23-55)54-37-35-53(36-38-54)68-46-56(51-19-4-2-5-20-51)39-42-65(68)69-47-57-24-9-11-26-61(57)63-27-12-13-28-64(63)69/h2-30,33-42,46-50H,31,43-45H2,1H3/b78-71+,79-77-. The van der Waals surface area contributed by atoms with Crippen molar-refractivity contribution in [2.24, 2.45) is 15.9 Å². The van der Waals surface area contributed by atoms with E-state index in [-0.39, 0.29) is 5.92 Å². The first-order valence-corrected chi connectivity index (χ1v) is 28.3. The van der Waals surface area contributed by atoms with Crippen molar-refractivity contribution >= 4 is 71.7 Å². The van der Waals surface area contributed by atoms with E-state index in [1.807, 2.05) is 6.07 Å². The molecule has 4 nitrogen and oxygen atoms in total. The van der Waals surface area contributed by atoms with Gasteiger partial charge in [0.05, 0.1) is 29.0 Å². The summed E-state index contributed by atoms with van der Waals surface area (Å²) in [6.07, 6.45) is 6.82.